The van der Waals surface area contributed by atoms with Crippen LogP contribution in [-0.4, -0.2) is 56.7 Å². The van der Waals surface area contributed by atoms with E-state index in [1.54, 1.807) is 4.90 Å². The summed E-state index contributed by atoms with van der Waals surface area (Å²) in [7, 11) is 0. The van der Waals surface area contributed by atoms with Crippen molar-refractivity contribution in [2.24, 2.45) is 0 Å². The number of carbonyl (C=O) groups excluding carboxylic acids is 2. The molecular formula is C18H21ClN4O2S. The van der Waals surface area contributed by atoms with Gasteiger partial charge in [0.2, 0.25) is 5.91 Å². The van der Waals surface area contributed by atoms with E-state index in [1.807, 2.05) is 9.30 Å². The summed E-state index contributed by atoms with van der Waals surface area (Å²) in [5, 5.41) is 2.48. The first-order chi connectivity index (χ1) is 12.6. The topological polar surface area (TPSA) is 57.9 Å². The average molecular weight is 393 g/mol. The predicted molar refractivity (Wildman–Crippen MR) is 99.9 cm³/mol. The van der Waals surface area contributed by atoms with Gasteiger partial charge in [-0.15, -0.1) is 11.3 Å². The van der Waals surface area contributed by atoms with Crippen LogP contribution in [0.1, 0.15) is 60.6 Å². The summed E-state index contributed by atoms with van der Waals surface area (Å²) in [5.74, 6) is 0.356. The van der Waals surface area contributed by atoms with Gasteiger partial charge in [-0.05, 0) is 25.7 Å². The minimum Gasteiger partial charge on any atom is -0.336 e. The fraction of sp³-hybridized carbons (Fsp3) is 0.611. The van der Waals surface area contributed by atoms with Crippen LogP contribution in [0, 0.1) is 0 Å². The van der Waals surface area contributed by atoms with Crippen molar-refractivity contribution in [1.82, 2.24) is 19.2 Å². The number of rotatable bonds is 3. The number of nitrogens with zero attached hydrogens (tertiary/aromatic N) is 4. The first-order valence-electron chi connectivity index (χ1n) is 9.37. The fourth-order valence-corrected chi connectivity index (χ4v) is 5.58. The van der Waals surface area contributed by atoms with Gasteiger partial charge in [-0.3, -0.25) is 14.0 Å². The molecule has 26 heavy (non-hydrogen) atoms. The Morgan fingerprint density at radius 3 is 2.65 bits per heavy atom. The SMILES string of the molecule is O=C(c1nc2scc(C3CC3)n2c1Cl)N1CCN(C2CCCC2)C(=O)C1. The number of halogens is 1. The lowest BCUT2D eigenvalue weighted by atomic mass is 10.1. The van der Waals surface area contributed by atoms with E-state index in [-0.39, 0.29) is 24.1 Å². The van der Waals surface area contributed by atoms with Gasteiger partial charge in [-0.2, -0.15) is 0 Å². The standard InChI is InChI=1S/C18H21ClN4O2S/c19-16-15(20-18-23(16)13(10-26-18)11-5-6-11)17(25)21-7-8-22(14(24)9-21)12-3-1-2-4-12/h10-12H,1-9H2. The second-order valence-corrected chi connectivity index (χ2v) is 8.75. The van der Waals surface area contributed by atoms with Gasteiger partial charge in [0.05, 0.1) is 0 Å². The summed E-state index contributed by atoms with van der Waals surface area (Å²) in [6.07, 6.45) is 6.91. The van der Waals surface area contributed by atoms with Crippen molar-refractivity contribution in [2.45, 2.75) is 50.5 Å². The highest BCUT2D eigenvalue weighted by atomic mass is 35.5. The van der Waals surface area contributed by atoms with Gasteiger partial charge in [0, 0.05) is 36.1 Å². The van der Waals surface area contributed by atoms with E-state index < -0.39 is 0 Å². The molecule has 0 spiro atoms. The molecule has 2 amide bonds. The Labute approximate surface area is 160 Å². The maximum Gasteiger partial charge on any atom is 0.276 e. The van der Waals surface area contributed by atoms with E-state index in [0.29, 0.717) is 30.2 Å². The highest BCUT2D eigenvalue weighted by Gasteiger charge is 2.35. The zero-order valence-electron chi connectivity index (χ0n) is 14.5. The molecule has 2 aromatic rings. The van der Waals surface area contributed by atoms with E-state index in [1.165, 1.54) is 37.0 Å². The van der Waals surface area contributed by atoms with Crippen molar-refractivity contribution in [3.63, 3.8) is 0 Å². The number of piperazine rings is 1. The molecule has 6 nitrogen and oxygen atoms in total. The molecule has 0 radical (unpaired) electrons. The van der Waals surface area contributed by atoms with Crippen molar-refractivity contribution in [3.05, 3.63) is 21.9 Å². The highest BCUT2D eigenvalue weighted by Crippen LogP contribution is 2.43. The van der Waals surface area contributed by atoms with Gasteiger partial charge in [0.1, 0.15) is 11.7 Å². The smallest absolute Gasteiger partial charge is 0.276 e. The Morgan fingerprint density at radius 1 is 1.19 bits per heavy atom. The predicted octanol–water partition coefficient (Wildman–Crippen LogP) is 3.15. The lowest BCUT2D eigenvalue weighted by molar-refractivity contribution is -0.137. The number of aromatic nitrogens is 2. The highest BCUT2D eigenvalue weighted by molar-refractivity contribution is 7.15. The Morgan fingerprint density at radius 2 is 1.96 bits per heavy atom. The minimum absolute atomic E-state index is 0.0484. The van der Waals surface area contributed by atoms with Gasteiger partial charge in [-0.1, -0.05) is 24.4 Å². The van der Waals surface area contributed by atoms with E-state index in [4.69, 9.17) is 11.6 Å². The molecule has 0 atom stereocenters. The zero-order chi connectivity index (χ0) is 17.8. The van der Waals surface area contributed by atoms with E-state index in [9.17, 15) is 9.59 Å². The van der Waals surface area contributed by atoms with E-state index in [2.05, 4.69) is 10.4 Å². The minimum atomic E-state index is -0.230. The largest absolute Gasteiger partial charge is 0.336 e. The Bertz CT molecular complexity index is 881. The maximum atomic E-state index is 13.0. The summed E-state index contributed by atoms with van der Waals surface area (Å²) < 4.78 is 1.91. The third-order valence-corrected chi connectivity index (χ3v) is 7.03. The molecule has 8 heteroatoms. The quantitative estimate of drug-likeness (QED) is 0.806. The number of carbonyl (C=O) groups is 2. The molecule has 3 fully saturated rings. The van der Waals surface area contributed by atoms with Gasteiger partial charge in [0.15, 0.2) is 10.7 Å². The molecule has 0 aromatic carbocycles. The van der Waals surface area contributed by atoms with Crippen LogP contribution in [0.25, 0.3) is 4.96 Å². The normalized spacial score (nSPS) is 22.0. The van der Waals surface area contributed by atoms with Crippen LogP contribution in [0.15, 0.2) is 5.38 Å². The van der Waals surface area contributed by atoms with Crippen molar-refractivity contribution < 1.29 is 9.59 Å². The fourth-order valence-electron chi connectivity index (χ4n) is 4.26. The van der Waals surface area contributed by atoms with Gasteiger partial charge < -0.3 is 9.80 Å². The van der Waals surface area contributed by atoms with Crippen LogP contribution in [0.5, 0.6) is 0 Å². The van der Waals surface area contributed by atoms with Gasteiger partial charge in [-0.25, -0.2) is 4.98 Å². The number of amides is 2. The third-order valence-electron chi connectivity index (χ3n) is 5.84. The lowest BCUT2D eigenvalue weighted by Crippen LogP contribution is -2.55. The van der Waals surface area contributed by atoms with Crippen molar-refractivity contribution in [2.75, 3.05) is 19.6 Å². The summed E-state index contributed by atoms with van der Waals surface area (Å²) in [6, 6.07) is 0.363. The molecule has 1 aliphatic heterocycles. The molecule has 5 rings (SSSR count). The van der Waals surface area contributed by atoms with Crippen molar-refractivity contribution >= 4 is 39.7 Å². The van der Waals surface area contributed by atoms with E-state index in [0.717, 1.165) is 23.5 Å². The molecule has 2 aliphatic carbocycles. The van der Waals surface area contributed by atoms with E-state index >= 15 is 0 Å². The molecule has 0 N–H and O–H groups in total. The van der Waals surface area contributed by atoms with Gasteiger partial charge >= 0.3 is 0 Å². The maximum absolute atomic E-state index is 13.0. The van der Waals surface area contributed by atoms with Crippen LogP contribution in [-0.2, 0) is 4.79 Å². The second-order valence-electron chi connectivity index (χ2n) is 7.56. The molecule has 0 bridgehead atoms. The first-order valence-corrected chi connectivity index (χ1v) is 10.6. The second kappa shape index (κ2) is 6.23. The van der Waals surface area contributed by atoms with Crippen LogP contribution in [0.4, 0.5) is 0 Å². The van der Waals surface area contributed by atoms with Crippen LogP contribution in [0.2, 0.25) is 5.15 Å². The summed E-state index contributed by atoms with van der Waals surface area (Å²) >= 11 is 8.04. The Hall–Kier alpha value is -1.60. The number of hydrogen-bond acceptors (Lipinski definition) is 4. The number of thiazole rings is 1. The molecular weight excluding hydrogens is 372 g/mol. The third kappa shape index (κ3) is 2.63. The van der Waals surface area contributed by atoms with Crippen LogP contribution < -0.4 is 0 Å². The summed E-state index contributed by atoms with van der Waals surface area (Å²) in [4.78, 5) is 34.3. The molecule has 3 heterocycles. The molecule has 2 saturated carbocycles. The Kier molecular flexibility index (Phi) is 3.97. The lowest BCUT2D eigenvalue weighted by Gasteiger charge is -2.37. The van der Waals surface area contributed by atoms with Crippen LogP contribution >= 0.6 is 22.9 Å². The van der Waals surface area contributed by atoms with Crippen LogP contribution in [0.3, 0.4) is 0 Å². The molecule has 3 aliphatic rings. The van der Waals surface area contributed by atoms with Crippen molar-refractivity contribution in [1.29, 1.82) is 0 Å². The summed E-state index contributed by atoms with van der Waals surface area (Å²) in [5.41, 5.74) is 1.44. The molecule has 1 saturated heterocycles. The Balaban J connectivity index is 1.36. The number of fused-ring (bicyclic) bond motifs is 1. The molecule has 2 aromatic heterocycles. The first kappa shape index (κ1) is 16.6. The van der Waals surface area contributed by atoms with Gasteiger partial charge in [0.25, 0.3) is 5.91 Å². The number of hydrogen-bond donors (Lipinski definition) is 0. The monoisotopic (exact) mass is 392 g/mol. The average Bonchev–Trinajstić information content (AvgIpc) is 3.06. The zero-order valence-corrected chi connectivity index (χ0v) is 16.1. The van der Waals surface area contributed by atoms with Crippen molar-refractivity contribution in [3.8, 4) is 0 Å². The number of imidazole rings is 1. The summed E-state index contributed by atoms with van der Waals surface area (Å²) in [6.45, 7) is 1.30. The molecule has 138 valence electrons. The molecule has 0 unspecified atom stereocenters.